The van der Waals surface area contributed by atoms with Gasteiger partial charge in [-0.05, 0) is 49.5 Å². The van der Waals surface area contributed by atoms with E-state index in [0.29, 0.717) is 0 Å². The number of likely N-dealkylation sites (N-methyl/N-ethyl adjacent to an activating group) is 1. The van der Waals surface area contributed by atoms with Crippen LogP contribution in [0.5, 0.6) is 5.75 Å². The van der Waals surface area contributed by atoms with Crippen molar-refractivity contribution >= 4 is 21.5 Å². The quantitative estimate of drug-likeness (QED) is 0.661. The third-order valence-corrected chi connectivity index (χ3v) is 8.25. The Bertz CT molecular complexity index is 961. The summed E-state index contributed by atoms with van der Waals surface area (Å²) in [5.41, 5.74) is 2.14. The van der Waals surface area contributed by atoms with Crippen molar-refractivity contribution in [2.24, 2.45) is 5.92 Å². The molecule has 0 fully saturated rings. The molecule has 1 heterocycles. The maximum absolute atomic E-state index is 13.5. The van der Waals surface area contributed by atoms with Crippen LogP contribution >= 0.6 is 0 Å². The van der Waals surface area contributed by atoms with Gasteiger partial charge in [0.15, 0.2) is 0 Å². The number of carbonyl (C=O) groups excluding carboxylic acids is 1. The lowest BCUT2D eigenvalue weighted by Gasteiger charge is -2.37. The predicted octanol–water partition coefficient (Wildman–Crippen LogP) is 2.13. The van der Waals surface area contributed by atoms with Crippen molar-refractivity contribution in [3.63, 3.8) is 0 Å². The number of allylic oxidation sites excluding steroid dienone is 2. The largest absolute Gasteiger partial charge is 0.487 e. The van der Waals surface area contributed by atoms with Crippen molar-refractivity contribution in [3.05, 3.63) is 29.8 Å². The van der Waals surface area contributed by atoms with Gasteiger partial charge >= 0.3 is 0 Å². The van der Waals surface area contributed by atoms with Crippen LogP contribution in [0.4, 0.5) is 0 Å². The Morgan fingerprint density at radius 2 is 2.16 bits per heavy atom. The first-order valence-corrected chi connectivity index (χ1v) is 12.5. The molecule has 1 aliphatic heterocycles. The second-order valence-electron chi connectivity index (χ2n) is 8.73. The standard InChI is InChI=1S/C23H34N2O6S/c1-16-12-25(17(2)14-26)32(28,29)22-10-9-19(18-7-5-6-8-18)11-20(22)31-21(16)13-24(3)23(27)15-30-4/h7,9-11,16-17,21,26H,5-6,8,12-15H2,1-4H3/t16-,17-,21+/m0/s1. The van der Waals surface area contributed by atoms with Crippen molar-refractivity contribution in [1.29, 1.82) is 0 Å². The first-order valence-electron chi connectivity index (χ1n) is 11.0. The Morgan fingerprint density at radius 1 is 1.41 bits per heavy atom. The number of hydrogen-bond donors (Lipinski definition) is 1. The highest BCUT2D eigenvalue weighted by atomic mass is 32.2. The Kier molecular flexibility index (Phi) is 7.97. The van der Waals surface area contributed by atoms with Crippen LogP contribution < -0.4 is 4.74 Å². The molecule has 0 spiro atoms. The number of benzene rings is 1. The molecule has 2 aliphatic rings. The van der Waals surface area contributed by atoms with Crippen molar-refractivity contribution in [3.8, 4) is 5.75 Å². The van der Waals surface area contributed by atoms with Crippen molar-refractivity contribution < 1.29 is 27.8 Å². The van der Waals surface area contributed by atoms with E-state index in [4.69, 9.17) is 9.47 Å². The molecular formula is C23H34N2O6S. The summed E-state index contributed by atoms with van der Waals surface area (Å²) in [5.74, 6) is -0.114. The Balaban J connectivity index is 2.04. The smallest absolute Gasteiger partial charge is 0.248 e. The fourth-order valence-corrected chi connectivity index (χ4v) is 6.01. The van der Waals surface area contributed by atoms with Gasteiger partial charge in [0.25, 0.3) is 0 Å². The van der Waals surface area contributed by atoms with Gasteiger partial charge in [0.2, 0.25) is 15.9 Å². The topological polar surface area (TPSA) is 96.4 Å². The molecule has 0 saturated heterocycles. The number of hydrogen-bond acceptors (Lipinski definition) is 6. The Hall–Kier alpha value is -1.94. The summed E-state index contributed by atoms with van der Waals surface area (Å²) in [6.07, 6.45) is 4.79. The number of methoxy groups -OCH3 is 1. The Labute approximate surface area is 190 Å². The van der Waals surface area contributed by atoms with Gasteiger partial charge in [-0.1, -0.05) is 19.1 Å². The number of carbonyl (C=O) groups is 1. The summed E-state index contributed by atoms with van der Waals surface area (Å²) in [6, 6.07) is 4.64. The molecule has 0 bridgehead atoms. The van der Waals surface area contributed by atoms with Gasteiger partial charge in [-0.25, -0.2) is 8.42 Å². The van der Waals surface area contributed by atoms with Crippen LogP contribution in [0, 0.1) is 5.92 Å². The summed E-state index contributed by atoms with van der Waals surface area (Å²) in [7, 11) is -0.726. The zero-order valence-corrected chi connectivity index (χ0v) is 20.1. The summed E-state index contributed by atoms with van der Waals surface area (Å²) < 4.78 is 39.6. The van der Waals surface area contributed by atoms with Crippen LogP contribution in [0.1, 0.15) is 38.7 Å². The van der Waals surface area contributed by atoms with E-state index in [1.807, 2.05) is 13.0 Å². The van der Waals surface area contributed by atoms with Crippen LogP contribution in [0.3, 0.4) is 0 Å². The minimum Gasteiger partial charge on any atom is -0.487 e. The van der Waals surface area contributed by atoms with E-state index in [9.17, 15) is 18.3 Å². The first kappa shape index (κ1) is 24.7. The van der Waals surface area contributed by atoms with Crippen molar-refractivity contribution in [2.45, 2.75) is 50.2 Å². The van der Waals surface area contributed by atoms with Gasteiger partial charge in [0.1, 0.15) is 23.4 Å². The van der Waals surface area contributed by atoms with E-state index in [0.717, 1.165) is 24.8 Å². The van der Waals surface area contributed by atoms with Crippen LogP contribution in [-0.4, -0.2) is 81.2 Å². The van der Waals surface area contributed by atoms with E-state index in [1.54, 1.807) is 31.0 Å². The van der Waals surface area contributed by atoms with Gasteiger partial charge < -0.3 is 19.5 Å². The lowest BCUT2D eigenvalue weighted by molar-refractivity contribution is -0.135. The molecular weight excluding hydrogens is 432 g/mol. The maximum atomic E-state index is 13.5. The van der Waals surface area contributed by atoms with Gasteiger partial charge in [-0.2, -0.15) is 4.31 Å². The number of aliphatic hydroxyl groups excluding tert-OH is 1. The van der Waals surface area contributed by atoms with Crippen LogP contribution in [-0.2, 0) is 19.6 Å². The predicted molar refractivity (Wildman–Crippen MR) is 122 cm³/mol. The molecule has 178 valence electrons. The summed E-state index contributed by atoms with van der Waals surface area (Å²) in [5, 5.41) is 9.73. The third-order valence-electron chi connectivity index (χ3n) is 6.23. The molecule has 8 nitrogen and oxygen atoms in total. The van der Waals surface area contributed by atoms with Crippen LogP contribution in [0.25, 0.3) is 5.57 Å². The molecule has 0 aromatic heterocycles. The molecule has 0 unspecified atom stereocenters. The number of nitrogens with zero attached hydrogens (tertiary/aromatic N) is 2. The van der Waals surface area contributed by atoms with Gasteiger partial charge in [-0.15, -0.1) is 0 Å². The Morgan fingerprint density at radius 3 is 2.78 bits per heavy atom. The van der Waals surface area contributed by atoms with Gasteiger partial charge in [0.05, 0.1) is 13.2 Å². The van der Waals surface area contributed by atoms with Crippen LogP contribution in [0.15, 0.2) is 29.2 Å². The average Bonchev–Trinajstić information content (AvgIpc) is 3.30. The SMILES string of the molecule is COCC(=O)N(C)C[C@H]1Oc2cc(C3=CCCC3)ccc2S(=O)(=O)N([C@@H](C)CO)C[C@@H]1C. The second-order valence-corrected chi connectivity index (χ2v) is 10.6. The summed E-state index contributed by atoms with van der Waals surface area (Å²) in [4.78, 5) is 13.9. The van der Waals surface area contributed by atoms with Gasteiger partial charge in [0, 0.05) is 32.7 Å². The van der Waals surface area contributed by atoms with E-state index in [2.05, 4.69) is 6.08 Å². The number of sulfonamides is 1. The summed E-state index contributed by atoms with van der Waals surface area (Å²) in [6.45, 7) is 3.73. The van der Waals surface area contributed by atoms with E-state index in [-0.39, 0.29) is 48.8 Å². The molecule has 1 aromatic carbocycles. The number of amides is 1. The zero-order chi connectivity index (χ0) is 23.5. The molecule has 9 heteroatoms. The number of rotatable bonds is 7. The normalized spacial score (nSPS) is 24.0. The molecule has 3 rings (SSSR count). The van der Waals surface area contributed by atoms with E-state index in [1.165, 1.54) is 17.0 Å². The number of aliphatic hydroxyl groups is 1. The van der Waals surface area contributed by atoms with Gasteiger partial charge in [-0.3, -0.25) is 4.79 Å². The highest BCUT2D eigenvalue weighted by molar-refractivity contribution is 7.89. The molecule has 0 radical (unpaired) electrons. The molecule has 32 heavy (non-hydrogen) atoms. The first-order chi connectivity index (χ1) is 15.2. The summed E-state index contributed by atoms with van der Waals surface area (Å²) >= 11 is 0. The van der Waals surface area contributed by atoms with E-state index < -0.39 is 22.2 Å². The second kappa shape index (κ2) is 10.3. The fraction of sp³-hybridized carbons (Fsp3) is 0.609. The lowest BCUT2D eigenvalue weighted by atomic mass is 10.0. The van der Waals surface area contributed by atoms with Crippen molar-refractivity contribution in [1.82, 2.24) is 9.21 Å². The molecule has 1 aromatic rings. The fourth-order valence-electron chi connectivity index (χ4n) is 4.18. The van der Waals surface area contributed by atoms with Crippen molar-refractivity contribution in [2.75, 3.05) is 40.5 Å². The lowest BCUT2D eigenvalue weighted by Crippen LogP contribution is -2.50. The highest BCUT2D eigenvalue weighted by Crippen LogP contribution is 2.37. The minimum absolute atomic E-state index is 0.0332. The monoisotopic (exact) mass is 466 g/mol. The van der Waals surface area contributed by atoms with E-state index >= 15 is 0 Å². The average molecular weight is 467 g/mol. The minimum atomic E-state index is -3.88. The number of ether oxygens (including phenoxy) is 2. The maximum Gasteiger partial charge on any atom is 0.248 e. The highest BCUT2D eigenvalue weighted by Gasteiger charge is 2.38. The molecule has 1 amide bonds. The molecule has 3 atom stereocenters. The molecule has 1 aliphatic carbocycles. The third kappa shape index (κ3) is 5.17. The zero-order valence-electron chi connectivity index (χ0n) is 19.3. The molecule has 0 saturated carbocycles. The van der Waals surface area contributed by atoms with Crippen LogP contribution in [0.2, 0.25) is 0 Å². The molecule has 1 N–H and O–H groups in total. The number of fused-ring (bicyclic) bond motifs is 1.